The Morgan fingerprint density at radius 2 is 1.79 bits per heavy atom. The van der Waals surface area contributed by atoms with Crippen molar-refractivity contribution in [2.24, 2.45) is 0 Å². The molecule has 3 nitrogen and oxygen atoms in total. The molecule has 1 aliphatic carbocycles. The van der Waals surface area contributed by atoms with Crippen molar-refractivity contribution in [3.8, 4) is 0 Å². The van der Waals surface area contributed by atoms with Crippen LogP contribution in [-0.4, -0.2) is 19.8 Å². The summed E-state index contributed by atoms with van der Waals surface area (Å²) in [6.45, 7) is 0. The van der Waals surface area contributed by atoms with Crippen LogP contribution in [0.5, 0.6) is 0 Å². The molecule has 1 fully saturated rings. The first-order valence-corrected chi connectivity index (χ1v) is 9.09. The third kappa shape index (κ3) is 3.57. The second-order valence-electron chi connectivity index (χ2n) is 4.37. The van der Waals surface area contributed by atoms with Gasteiger partial charge in [0.2, 0.25) is 10.0 Å². The van der Waals surface area contributed by atoms with Gasteiger partial charge in [-0.3, -0.25) is 0 Å². The van der Waals surface area contributed by atoms with Crippen molar-refractivity contribution in [1.82, 2.24) is 4.72 Å². The fraction of sp³-hybridized carbons (Fsp3) is 0.455. The van der Waals surface area contributed by atoms with Crippen molar-refractivity contribution in [3.63, 3.8) is 0 Å². The van der Waals surface area contributed by atoms with Crippen LogP contribution in [0.25, 0.3) is 0 Å². The summed E-state index contributed by atoms with van der Waals surface area (Å²) >= 11 is 21.2. The largest absolute Gasteiger partial charge is 0.243 e. The van der Waals surface area contributed by atoms with E-state index in [0.29, 0.717) is 4.47 Å². The molecular formula is C11H11BrCl3NO2S. The molecule has 1 saturated carbocycles. The molecule has 0 aliphatic heterocycles. The predicted octanol–water partition coefficient (Wildman–Crippen LogP) is 4.19. The molecule has 0 aromatic heterocycles. The molecule has 106 valence electrons. The molecule has 2 atom stereocenters. The molecule has 1 aromatic carbocycles. The lowest BCUT2D eigenvalue weighted by Crippen LogP contribution is -2.38. The quantitative estimate of drug-likeness (QED) is 0.764. The maximum atomic E-state index is 12.3. The minimum atomic E-state index is -3.77. The molecule has 19 heavy (non-hydrogen) atoms. The highest BCUT2D eigenvalue weighted by Gasteiger charge is 2.32. The summed E-state index contributed by atoms with van der Waals surface area (Å²) in [5, 5.41) is -0.0326. The summed E-state index contributed by atoms with van der Waals surface area (Å²) in [6, 6.07) is 2.71. The summed E-state index contributed by atoms with van der Waals surface area (Å²) in [4.78, 5) is -0.102. The highest BCUT2D eigenvalue weighted by atomic mass is 79.9. The van der Waals surface area contributed by atoms with E-state index in [1.165, 1.54) is 12.1 Å². The smallest absolute Gasteiger partial charge is 0.207 e. The number of halogens is 4. The zero-order valence-electron chi connectivity index (χ0n) is 9.67. The standard InChI is InChI=1S/C11H11BrCl3NO2S/c12-6-4-8(14)11(9(15)5-6)19(17,18)16-10-3-1-2-7(10)13/h4-5,7,10,16H,1-3H2. The Bertz CT molecular complexity index is 571. The predicted molar refractivity (Wildman–Crippen MR) is 81.8 cm³/mol. The Morgan fingerprint density at radius 1 is 1.21 bits per heavy atom. The van der Waals surface area contributed by atoms with Crippen molar-refractivity contribution >= 4 is 60.8 Å². The lowest BCUT2D eigenvalue weighted by molar-refractivity contribution is 0.554. The van der Waals surface area contributed by atoms with Crippen LogP contribution in [0.2, 0.25) is 10.0 Å². The second kappa shape index (κ2) is 6.08. The van der Waals surface area contributed by atoms with Crippen LogP contribution in [0.4, 0.5) is 0 Å². The number of benzene rings is 1. The van der Waals surface area contributed by atoms with Gasteiger partial charge in [0.15, 0.2) is 0 Å². The number of rotatable bonds is 3. The van der Waals surface area contributed by atoms with Gasteiger partial charge in [-0.1, -0.05) is 45.6 Å². The van der Waals surface area contributed by atoms with E-state index in [1.807, 2.05) is 0 Å². The van der Waals surface area contributed by atoms with E-state index >= 15 is 0 Å². The molecule has 0 spiro atoms. The van der Waals surface area contributed by atoms with Crippen molar-refractivity contribution in [1.29, 1.82) is 0 Å². The zero-order chi connectivity index (χ0) is 14.2. The lowest BCUT2D eigenvalue weighted by Gasteiger charge is -2.17. The van der Waals surface area contributed by atoms with Crippen LogP contribution < -0.4 is 4.72 Å². The first kappa shape index (κ1) is 15.9. The first-order valence-electron chi connectivity index (χ1n) is 5.62. The Labute approximate surface area is 135 Å². The van der Waals surface area contributed by atoms with Gasteiger partial charge >= 0.3 is 0 Å². The number of hydrogen-bond acceptors (Lipinski definition) is 2. The maximum absolute atomic E-state index is 12.3. The van der Waals surface area contributed by atoms with Crippen molar-refractivity contribution in [2.75, 3.05) is 0 Å². The van der Waals surface area contributed by atoms with Gasteiger partial charge in [-0.05, 0) is 25.0 Å². The topological polar surface area (TPSA) is 46.2 Å². The SMILES string of the molecule is O=S(=O)(NC1CCCC1Cl)c1c(Cl)cc(Br)cc1Cl. The van der Waals surface area contributed by atoms with Crippen LogP contribution in [0, 0.1) is 0 Å². The van der Waals surface area contributed by atoms with Crippen LogP contribution >= 0.6 is 50.7 Å². The number of hydrogen-bond donors (Lipinski definition) is 1. The van der Waals surface area contributed by atoms with Gasteiger partial charge < -0.3 is 0 Å². The zero-order valence-corrected chi connectivity index (χ0v) is 14.3. The van der Waals surface area contributed by atoms with E-state index in [-0.39, 0.29) is 26.4 Å². The summed E-state index contributed by atoms with van der Waals surface area (Å²) in [7, 11) is -3.77. The van der Waals surface area contributed by atoms with Crippen LogP contribution in [0.15, 0.2) is 21.5 Å². The molecule has 0 bridgehead atoms. The van der Waals surface area contributed by atoms with Crippen LogP contribution in [0.3, 0.4) is 0 Å². The summed E-state index contributed by atoms with van der Waals surface area (Å²) in [5.74, 6) is 0. The van der Waals surface area contributed by atoms with Crippen molar-refractivity contribution in [3.05, 3.63) is 26.7 Å². The molecule has 0 heterocycles. The van der Waals surface area contributed by atoms with Gasteiger partial charge in [0.25, 0.3) is 0 Å². The molecular weight excluding hydrogens is 396 g/mol. The Morgan fingerprint density at radius 3 is 2.26 bits per heavy atom. The van der Waals surface area contributed by atoms with Gasteiger partial charge in [-0.15, -0.1) is 11.6 Å². The molecule has 0 amide bonds. The molecule has 0 radical (unpaired) electrons. The normalized spacial score (nSPS) is 23.8. The number of sulfonamides is 1. The maximum Gasteiger partial charge on any atom is 0.243 e. The van der Waals surface area contributed by atoms with Crippen LogP contribution in [0.1, 0.15) is 19.3 Å². The highest BCUT2D eigenvalue weighted by molar-refractivity contribution is 9.10. The van der Waals surface area contributed by atoms with Gasteiger partial charge in [0.1, 0.15) is 4.90 Å². The number of alkyl halides is 1. The van der Waals surface area contributed by atoms with Crippen molar-refractivity contribution in [2.45, 2.75) is 35.6 Å². The molecule has 1 N–H and O–H groups in total. The van der Waals surface area contributed by atoms with Gasteiger partial charge in [-0.25, -0.2) is 13.1 Å². The van der Waals surface area contributed by atoms with E-state index in [2.05, 4.69) is 20.7 Å². The average molecular weight is 408 g/mol. The molecule has 1 aliphatic rings. The summed E-state index contributed by atoms with van der Waals surface area (Å²) in [6.07, 6.45) is 2.43. The van der Waals surface area contributed by atoms with Gasteiger partial charge in [-0.2, -0.15) is 0 Å². The first-order chi connectivity index (χ1) is 8.81. The van der Waals surface area contributed by atoms with Crippen molar-refractivity contribution < 1.29 is 8.42 Å². The highest BCUT2D eigenvalue weighted by Crippen LogP contribution is 2.34. The minimum absolute atomic E-state index is 0.0796. The van der Waals surface area contributed by atoms with E-state index in [0.717, 1.165) is 19.3 Å². The fourth-order valence-electron chi connectivity index (χ4n) is 2.09. The molecule has 2 rings (SSSR count). The van der Waals surface area contributed by atoms with Gasteiger partial charge in [0, 0.05) is 15.9 Å². The third-order valence-electron chi connectivity index (χ3n) is 2.97. The second-order valence-corrected chi connectivity index (χ2v) is 8.31. The minimum Gasteiger partial charge on any atom is -0.207 e. The molecule has 2 unspecified atom stereocenters. The van der Waals surface area contributed by atoms with E-state index < -0.39 is 10.0 Å². The monoisotopic (exact) mass is 405 g/mol. The molecule has 8 heteroatoms. The lowest BCUT2D eigenvalue weighted by atomic mass is 10.3. The van der Waals surface area contributed by atoms with Gasteiger partial charge in [0.05, 0.1) is 10.0 Å². The summed E-state index contributed by atoms with van der Waals surface area (Å²) < 4.78 is 27.9. The van der Waals surface area contributed by atoms with Crippen LogP contribution in [-0.2, 0) is 10.0 Å². The van der Waals surface area contributed by atoms with E-state index in [9.17, 15) is 8.42 Å². The Kier molecular flexibility index (Phi) is 5.07. The third-order valence-corrected chi connectivity index (χ3v) is 6.36. The molecule has 0 saturated heterocycles. The summed E-state index contributed by atoms with van der Waals surface area (Å²) in [5.41, 5.74) is 0. The number of nitrogens with one attached hydrogen (secondary N) is 1. The van der Waals surface area contributed by atoms with E-state index in [4.69, 9.17) is 34.8 Å². The molecule has 1 aromatic rings. The average Bonchev–Trinajstić information content (AvgIpc) is 2.61. The Hall–Kier alpha value is 0.480. The van der Waals surface area contributed by atoms with E-state index in [1.54, 1.807) is 0 Å². The Balaban J connectivity index is 2.34. The fourth-order valence-corrected chi connectivity index (χ4v) is 5.76.